The van der Waals surface area contributed by atoms with E-state index in [1.54, 1.807) is 6.07 Å². The molecule has 3 heteroatoms. The van der Waals surface area contributed by atoms with Gasteiger partial charge in [-0.25, -0.2) is 0 Å². The van der Waals surface area contributed by atoms with Gasteiger partial charge in [0.15, 0.2) is 0 Å². The smallest absolute Gasteiger partial charge is 0.120 e. The zero-order chi connectivity index (χ0) is 12.4. The number of aromatic hydroxyl groups is 1. The molecule has 2 N–H and O–H groups in total. The Kier molecular flexibility index (Phi) is 3.52. The number of hydrogen-bond acceptors (Lipinski definition) is 3. The van der Waals surface area contributed by atoms with Crippen LogP contribution in [0.25, 0.3) is 0 Å². The molecule has 1 saturated heterocycles. The van der Waals surface area contributed by atoms with Gasteiger partial charge in [-0.2, -0.15) is 0 Å². The van der Waals surface area contributed by atoms with E-state index in [0.717, 1.165) is 30.6 Å². The number of hydrogen-bond donors (Lipinski definition) is 2. The molecule has 2 aliphatic rings. The van der Waals surface area contributed by atoms with Crippen molar-refractivity contribution in [2.24, 2.45) is 5.92 Å². The fraction of sp³-hybridized carbons (Fsp3) is 0.600. The maximum absolute atomic E-state index is 9.68. The summed E-state index contributed by atoms with van der Waals surface area (Å²) < 4.78 is 0. The maximum Gasteiger partial charge on any atom is 0.120 e. The SMILES string of the molecule is Oc1ccccc1CNCC1CCN(C2CC2)C1. The second kappa shape index (κ2) is 5.29. The summed E-state index contributed by atoms with van der Waals surface area (Å²) in [6, 6.07) is 8.48. The van der Waals surface area contributed by atoms with Crippen LogP contribution in [0, 0.1) is 5.92 Å². The van der Waals surface area contributed by atoms with Gasteiger partial charge >= 0.3 is 0 Å². The van der Waals surface area contributed by atoms with Gasteiger partial charge in [0.25, 0.3) is 0 Å². The topological polar surface area (TPSA) is 35.5 Å². The van der Waals surface area contributed by atoms with Crippen molar-refractivity contribution in [3.05, 3.63) is 29.8 Å². The molecule has 1 aliphatic heterocycles. The predicted octanol–water partition coefficient (Wildman–Crippen LogP) is 1.97. The van der Waals surface area contributed by atoms with E-state index in [1.165, 1.54) is 32.4 Å². The second-order valence-electron chi connectivity index (χ2n) is 5.64. The molecule has 3 nitrogen and oxygen atoms in total. The van der Waals surface area contributed by atoms with Crippen molar-refractivity contribution in [3.8, 4) is 5.75 Å². The van der Waals surface area contributed by atoms with Crippen molar-refractivity contribution < 1.29 is 5.11 Å². The molecule has 0 bridgehead atoms. The largest absolute Gasteiger partial charge is 0.508 e. The van der Waals surface area contributed by atoms with E-state index in [9.17, 15) is 5.11 Å². The third-order valence-corrected chi connectivity index (χ3v) is 4.12. The van der Waals surface area contributed by atoms with Gasteiger partial charge in [0.05, 0.1) is 0 Å². The summed E-state index contributed by atoms with van der Waals surface area (Å²) in [4.78, 5) is 2.65. The van der Waals surface area contributed by atoms with Crippen molar-refractivity contribution in [1.29, 1.82) is 0 Å². The van der Waals surface area contributed by atoms with Gasteiger partial charge in [-0.05, 0) is 44.3 Å². The van der Waals surface area contributed by atoms with Crippen LogP contribution in [0.3, 0.4) is 0 Å². The number of para-hydroxylation sites is 1. The van der Waals surface area contributed by atoms with Crippen LogP contribution in [-0.4, -0.2) is 35.7 Å². The van der Waals surface area contributed by atoms with E-state index in [-0.39, 0.29) is 0 Å². The Hall–Kier alpha value is -1.06. The van der Waals surface area contributed by atoms with Crippen molar-refractivity contribution in [2.75, 3.05) is 19.6 Å². The molecule has 98 valence electrons. The molecular weight excluding hydrogens is 224 g/mol. The summed E-state index contributed by atoms with van der Waals surface area (Å²) in [6.07, 6.45) is 4.15. The molecular formula is C15H22N2O. The molecule has 1 unspecified atom stereocenters. The maximum atomic E-state index is 9.68. The quantitative estimate of drug-likeness (QED) is 0.834. The number of likely N-dealkylation sites (tertiary alicyclic amines) is 1. The zero-order valence-electron chi connectivity index (χ0n) is 10.8. The van der Waals surface area contributed by atoms with Gasteiger partial charge in [-0.15, -0.1) is 0 Å². The molecule has 1 heterocycles. The Morgan fingerprint density at radius 1 is 1.22 bits per heavy atom. The lowest BCUT2D eigenvalue weighted by molar-refractivity contribution is 0.311. The van der Waals surface area contributed by atoms with Gasteiger partial charge in [0, 0.05) is 24.7 Å². The van der Waals surface area contributed by atoms with E-state index in [1.807, 2.05) is 18.2 Å². The van der Waals surface area contributed by atoms with Crippen molar-refractivity contribution in [3.63, 3.8) is 0 Å². The van der Waals surface area contributed by atoms with Crippen molar-refractivity contribution in [1.82, 2.24) is 10.2 Å². The zero-order valence-corrected chi connectivity index (χ0v) is 10.8. The first-order valence-electron chi connectivity index (χ1n) is 7.04. The Morgan fingerprint density at radius 2 is 2.06 bits per heavy atom. The van der Waals surface area contributed by atoms with E-state index in [2.05, 4.69) is 10.2 Å². The fourth-order valence-corrected chi connectivity index (χ4v) is 2.87. The van der Waals surface area contributed by atoms with Crippen LogP contribution in [0.5, 0.6) is 5.75 Å². The van der Waals surface area contributed by atoms with Crippen LogP contribution in [-0.2, 0) is 6.54 Å². The molecule has 18 heavy (non-hydrogen) atoms. The van der Waals surface area contributed by atoms with Gasteiger partial charge in [0.2, 0.25) is 0 Å². The van der Waals surface area contributed by atoms with Crippen LogP contribution in [0.2, 0.25) is 0 Å². The van der Waals surface area contributed by atoms with Crippen LogP contribution >= 0.6 is 0 Å². The molecule has 2 fully saturated rings. The molecule has 0 radical (unpaired) electrons. The summed E-state index contributed by atoms with van der Waals surface area (Å²) in [5.41, 5.74) is 0.995. The monoisotopic (exact) mass is 246 g/mol. The Balaban J connectivity index is 1.41. The predicted molar refractivity (Wildman–Crippen MR) is 72.5 cm³/mol. The number of rotatable bonds is 5. The van der Waals surface area contributed by atoms with E-state index >= 15 is 0 Å². The number of phenols is 1. The first-order chi connectivity index (χ1) is 8.83. The van der Waals surface area contributed by atoms with Crippen LogP contribution in [0.1, 0.15) is 24.8 Å². The van der Waals surface area contributed by atoms with E-state index in [0.29, 0.717) is 5.75 Å². The molecule has 0 spiro atoms. The lowest BCUT2D eigenvalue weighted by Gasteiger charge is -2.15. The lowest BCUT2D eigenvalue weighted by atomic mass is 10.1. The Bertz CT molecular complexity index is 403. The highest BCUT2D eigenvalue weighted by atomic mass is 16.3. The first-order valence-corrected chi connectivity index (χ1v) is 7.04. The van der Waals surface area contributed by atoms with Gasteiger partial charge in [0.1, 0.15) is 5.75 Å². The van der Waals surface area contributed by atoms with Crippen molar-refractivity contribution in [2.45, 2.75) is 31.8 Å². The van der Waals surface area contributed by atoms with Crippen LogP contribution in [0.15, 0.2) is 24.3 Å². The average molecular weight is 246 g/mol. The minimum Gasteiger partial charge on any atom is -0.508 e. The highest BCUT2D eigenvalue weighted by Crippen LogP contribution is 2.31. The second-order valence-corrected chi connectivity index (χ2v) is 5.64. The van der Waals surface area contributed by atoms with Gasteiger partial charge < -0.3 is 15.3 Å². The molecule has 0 amide bonds. The standard InChI is InChI=1S/C15H22N2O/c18-15-4-2-1-3-13(15)10-16-9-12-7-8-17(11-12)14-5-6-14/h1-4,12,14,16,18H,5-11H2. The van der Waals surface area contributed by atoms with Crippen LogP contribution < -0.4 is 5.32 Å². The summed E-state index contributed by atoms with van der Waals surface area (Å²) in [5, 5.41) is 13.2. The minimum atomic E-state index is 0.399. The minimum absolute atomic E-state index is 0.399. The summed E-state index contributed by atoms with van der Waals surface area (Å²) >= 11 is 0. The van der Waals surface area contributed by atoms with Gasteiger partial charge in [-0.1, -0.05) is 18.2 Å². The molecule has 1 aromatic rings. The highest BCUT2D eigenvalue weighted by molar-refractivity contribution is 5.31. The molecule has 1 aromatic carbocycles. The number of nitrogens with one attached hydrogen (secondary N) is 1. The summed E-state index contributed by atoms with van der Waals surface area (Å²) in [7, 11) is 0. The third-order valence-electron chi connectivity index (χ3n) is 4.12. The molecule has 1 aliphatic carbocycles. The molecule has 1 atom stereocenters. The van der Waals surface area contributed by atoms with E-state index < -0.39 is 0 Å². The Labute approximate surface area is 109 Å². The first kappa shape index (κ1) is 12.0. The molecule has 1 saturated carbocycles. The number of phenolic OH excluding ortho intramolecular Hbond substituents is 1. The third kappa shape index (κ3) is 2.85. The normalized spacial score (nSPS) is 24.6. The van der Waals surface area contributed by atoms with Gasteiger partial charge in [-0.3, -0.25) is 0 Å². The molecule has 3 rings (SSSR count). The average Bonchev–Trinajstić information content (AvgIpc) is 3.12. The van der Waals surface area contributed by atoms with Crippen LogP contribution in [0.4, 0.5) is 0 Å². The molecule has 0 aromatic heterocycles. The number of nitrogens with zero attached hydrogens (tertiary/aromatic N) is 1. The lowest BCUT2D eigenvalue weighted by Crippen LogP contribution is -2.27. The van der Waals surface area contributed by atoms with E-state index in [4.69, 9.17) is 0 Å². The highest BCUT2D eigenvalue weighted by Gasteiger charge is 2.33. The summed E-state index contributed by atoms with van der Waals surface area (Å²) in [5.74, 6) is 1.19. The van der Waals surface area contributed by atoms with Crippen molar-refractivity contribution >= 4 is 0 Å². The Morgan fingerprint density at radius 3 is 2.83 bits per heavy atom. The fourth-order valence-electron chi connectivity index (χ4n) is 2.87. The number of benzene rings is 1. The summed E-state index contributed by atoms with van der Waals surface area (Å²) in [6.45, 7) is 4.39.